The van der Waals surface area contributed by atoms with Crippen LogP contribution in [0.1, 0.15) is 26.2 Å². The van der Waals surface area contributed by atoms with Gasteiger partial charge in [-0.15, -0.1) is 24.0 Å². The number of guanidine groups is 1. The van der Waals surface area contributed by atoms with Crippen LogP contribution in [-0.2, 0) is 0 Å². The molecule has 1 aliphatic rings. The van der Waals surface area contributed by atoms with Crippen LogP contribution < -0.4 is 15.4 Å². The number of ether oxygens (including phenoxy) is 1. The van der Waals surface area contributed by atoms with Gasteiger partial charge in [-0.3, -0.25) is 4.99 Å². The highest BCUT2D eigenvalue weighted by Gasteiger charge is 2.16. The van der Waals surface area contributed by atoms with Gasteiger partial charge in [0.2, 0.25) is 0 Å². The molecule has 1 aliphatic heterocycles. The molecule has 5 nitrogen and oxygen atoms in total. The van der Waals surface area contributed by atoms with Crippen LogP contribution in [0, 0.1) is 11.7 Å². The van der Waals surface area contributed by atoms with E-state index in [9.17, 15) is 4.39 Å². The fourth-order valence-corrected chi connectivity index (χ4v) is 2.99. The molecule has 26 heavy (non-hydrogen) atoms. The Hall–Kier alpha value is -1.09. The van der Waals surface area contributed by atoms with E-state index in [1.807, 2.05) is 6.92 Å². The number of rotatable bonds is 7. The lowest BCUT2D eigenvalue weighted by Crippen LogP contribution is -2.42. The summed E-state index contributed by atoms with van der Waals surface area (Å²) in [6, 6.07) is 6.08. The molecule has 1 aromatic rings. The number of aliphatic imine (C=N–C) groups is 1. The van der Waals surface area contributed by atoms with Gasteiger partial charge in [-0.1, -0.05) is 0 Å². The lowest BCUT2D eigenvalue weighted by atomic mass is 9.94. The molecule has 0 aromatic heterocycles. The number of benzene rings is 1. The number of hydrogen-bond donors (Lipinski definition) is 2. The van der Waals surface area contributed by atoms with Crippen LogP contribution in [0.4, 0.5) is 4.39 Å². The van der Waals surface area contributed by atoms with E-state index in [1.165, 1.54) is 44.5 Å². The summed E-state index contributed by atoms with van der Waals surface area (Å²) < 4.78 is 18.7. The summed E-state index contributed by atoms with van der Waals surface area (Å²) in [5.41, 5.74) is 0. The van der Waals surface area contributed by atoms with Crippen LogP contribution in [0.3, 0.4) is 0 Å². The SMILES string of the molecule is CN=C(NCCC1CCN(C)CC1)NCC(C)Oc1ccc(F)cc1.I. The first-order valence-electron chi connectivity index (χ1n) is 9.12. The van der Waals surface area contributed by atoms with E-state index in [4.69, 9.17) is 4.74 Å². The summed E-state index contributed by atoms with van der Waals surface area (Å²) in [5.74, 6) is 2.01. The van der Waals surface area contributed by atoms with Crippen molar-refractivity contribution in [3.05, 3.63) is 30.1 Å². The monoisotopic (exact) mass is 478 g/mol. The zero-order valence-corrected chi connectivity index (χ0v) is 18.3. The van der Waals surface area contributed by atoms with Crippen molar-refractivity contribution in [3.8, 4) is 5.75 Å². The highest BCUT2D eigenvalue weighted by atomic mass is 127. The predicted octanol–water partition coefficient (Wildman–Crippen LogP) is 3.11. The van der Waals surface area contributed by atoms with Crippen LogP contribution in [0.25, 0.3) is 0 Å². The molecule has 0 amide bonds. The fraction of sp³-hybridized carbons (Fsp3) is 0.632. The summed E-state index contributed by atoms with van der Waals surface area (Å²) in [4.78, 5) is 6.65. The quantitative estimate of drug-likeness (QED) is 0.359. The Labute approximate surface area is 173 Å². The van der Waals surface area contributed by atoms with Crippen molar-refractivity contribution >= 4 is 29.9 Å². The van der Waals surface area contributed by atoms with E-state index in [0.29, 0.717) is 12.3 Å². The molecule has 7 heteroatoms. The maximum Gasteiger partial charge on any atom is 0.191 e. The van der Waals surface area contributed by atoms with Crippen molar-refractivity contribution < 1.29 is 9.13 Å². The third-order valence-electron chi connectivity index (χ3n) is 4.61. The van der Waals surface area contributed by atoms with E-state index in [-0.39, 0.29) is 35.9 Å². The van der Waals surface area contributed by atoms with E-state index in [0.717, 1.165) is 18.4 Å². The molecule has 1 atom stereocenters. The van der Waals surface area contributed by atoms with Crippen LogP contribution in [0.5, 0.6) is 5.75 Å². The van der Waals surface area contributed by atoms with E-state index >= 15 is 0 Å². The molecule has 148 valence electrons. The van der Waals surface area contributed by atoms with Crippen LogP contribution in [0.15, 0.2) is 29.3 Å². The first kappa shape index (κ1) is 23.0. The van der Waals surface area contributed by atoms with Gasteiger partial charge in [0.15, 0.2) is 5.96 Å². The van der Waals surface area contributed by atoms with Crippen molar-refractivity contribution in [1.82, 2.24) is 15.5 Å². The maximum absolute atomic E-state index is 12.9. The van der Waals surface area contributed by atoms with Gasteiger partial charge in [0, 0.05) is 13.6 Å². The summed E-state index contributed by atoms with van der Waals surface area (Å²) in [6.45, 7) is 5.94. The average molecular weight is 478 g/mol. The minimum atomic E-state index is -0.257. The number of piperidine rings is 1. The van der Waals surface area contributed by atoms with Gasteiger partial charge in [0.05, 0.1) is 6.54 Å². The smallest absolute Gasteiger partial charge is 0.191 e. The molecule has 1 heterocycles. The van der Waals surface area contributed by atoms with Gasteiger partial charge in [0.25, 0.3) is 0 Å². The van der Waals surface area contributed by atoms with Crippen molar-refractivity contribution in [1.29, 1.82) is 0 Å². The first-order valence-corrected chi connectivity index (χ1v) is 9.12. The molecule has 0 saturated carbocycles. The first-order chi connectivity index (χ1) is 12.1. The Kier molecular flexibility index (Phi) is 10.9. The van der Waals surface area contributed by atoms with Crippen molar-refractivity contribution in [3.63, 3.8) is 0 Å². The molecule has 2 rings (SSSR count). The normalized spacial score (nSPS) is 17.3. The Morgan fingerprint density at radius 2 is 1.92 bits per heavy atom. The zero-order valence-electron chi connectivity index (χ0n) is 16.0. The Morgan fingerprint density at radius 1 is 1.27 bits per heavy atom. The molecule has 0 radical (unpaired) electrons. The van der Waals surface area contributed by atoms with E-state index in [1.54, 1.807) is 19.2 Å². The number of likely N-dealkylation sites (tertiary alicyclic amines) is 1. The van der Waals surface area contributed by atoms with Gasteiger partial charge in [-0.05, 0) is 76.5 Å². The van der Waals surface area contributed by atoms with Gasteiger partial charge in [-0.2, -0.15) is 0 Å². The highest BCUT2D eigenvalue weighted by Crippen LogP contribution is 2.18. The fourth-order valence-electron chi connectivity index (χ4n) is 2.99. The minimum absolute atomic E-state index is 0. The zero-order chi connectivity index (χ0) is 18.1. The molecule has 2 N–H and O–H groups in total. The topological polar surface area (TPSA) is 48.9 Å². The summed E-state index contributed by atoms with van der Waals surface area (Å²) >= 11 is 0. The summed E-state index contributed by atoms with van der Waals surface area (Å²) in [7, 11) is 3.96. The van der Waals surface area contributed by atoms with Crippen LogP contribution in [0.2, 0.25) is 0 Å². The molecule has 0 spiro atoms. The standard InChI is InChI=1S/C19H31FN4O.HI/c1-15(25-18-6-4-17(20)5-7-18)14-23-19(21-2)22-11-8-16-9-12-24(3)13-10-16;/h4-7,15-16H,8-14H2,1-3H3,(H2,21,22,23);1H. The number of halogens is 2. The van der Waals surface area contributed by atoms with E-state index < -0.39 is 0 Å². The minimum Gasteiger partial charge on any atom is -0.489 e. The molecule has 0 bridgehead atoms. The number of nitrogens with one attached hydrogen (secondary N) is 2. The molecule has 1 aromatic carbocycles. The van der Waals surface area contributed by atoms with Gasteiger partial charge >= 0.3 is 0 Å². The van der Waals surface area contributed by atoms with Gasteiger partial charge in [0.1, 0.15) is 17.7 Å². The second kappa shape index (κ2) is 12.3. The predicted molar refractivity (Wildman–Crippen MR) is 116 cm³/mol. The molecular formula is C19H32FIN4O. The Bertz CT molecular complexity index is 533. The van der Waals surface area contributed by atoms with Crippen molar-refractivity contribution in [2.24, 2.45) is 10.9 Å². The molecule has 0 aliphatic carbocycles. The highest BCUT2D eigenvalue weighted by molar-refractivity contribution is 14.0. The van der Waals surface area contributed by atoms with Crippen LogP contribution >= 0.6 is 24.0 Å². The third-order valence-corrected chi connectivity index (χ3v) is 4.61. The van der Waals surface area contributed by atoms with Crippen molar-refractivity contribution in [2.75, 3.05) is 40.3 Å². The van der Waals surface area contributed by atoms with Crippen molar-refractivity contribution in [2.45, 2.75) is 32.3 Å². The number of nitrogens with zero attached hydrogens (tertiary/aromatic N) is 2. The second-order valence-corrected chi connectivity index (χ2v) is 6.80. The lowest BCUT2D eigenvalue weighted by Gasteiger charge is -2.29. The Morgan fingerprint density at radius 3 is 2.54 bits per heavy atom. The molecule has 1 fully saturated rings. The van der Waals surface area contributed by atoms with Crippen LogP contribution in [-0.4, -0.2) is 57.2 Å². The Balaban J connectivity index is 0.00000338. The lowest BCUT2D eigenvalue weighted by molar-refractivity contribution is 0.212. The molecular weight excluding hydrogens is 446 g/mol. The molecule has 1 saturated heterocycles. The third kappa shape index (κ3) is 8.53. The van der Waals surface area contributed by atoms with E-state index in [2.05, 4.69) is 27.6 Å². The van der Waals surface area contributed by atoms with Gasteiger partial charge < -0.3 is 20.3 Å². The second-order valence-electron chi connectivity index (χ2n) is 6.80. The summed E-state index contributed by atoms with van der Waals surface area (Å²) in [6.07, 6.45) is 3.70. The summed E-state index contributed by atoms with van der Waals surface area (Å²) in [5, 5.41) is 6.65. The largest absolute Gasteiger partial charge is 0.489 e. The molecule has 1 unspecified atom stereocenters. The van der Waals surface area contributed by atoms with Gasteiger partial charge in [-0.25, -0.2) is 4.39 Å². The average Bonchev–Trinajstić information content (AvgIpc) is 2.61. The number of hydrogen-bond acceptors (Lipinski definition) is 3. The maximum atomic E-state index is 12.9.